The van der Waals surface area contributed by atoms with E-state index >= 15 is 0 Å². The summed E-state index contributed by atoms with van der Waals surface area (Å²) in [6, 6.07) is 13.1. The summed E-state index contributed by atoms with van der Waals surface area (Å²) < 4.78 is 5.54. The Bertz CT molecular complexity index is 728. The fourth-order valence-electron chi connectivity index (χ4n) is 2.00. The molecule has 1 aromatic carbocycles. The lowest BCUT2D eigenvalue weighted by atomic mass is 10.1. The standard InChI is InChI=1S/C15H11NO2/c1-10-6-7-15(18-10)14-8-11(9-17)12-4-2-3-5-13(12)16-14/h2-9H,1H3. The van der Waals surface area contributed by atoms with Crippen molar-refractivity contribution in [3.8, 4) is 11.5 Å². The van der Waals surface area contributed by atoms with Gasteiger partial charge in [-0.2, -0.15) is 0 Å². The second-order valence-electron chi connectivity index (χ2n) is 4.14. The monoisotopic (exact) mass is 237 g/mol. The van der Waals surface area contributed by atoms with Crippen LogP contribution in [-0.4, -0.2) is 11.3 Å². The first-order valence-corrected chi connectivity index (χ1v) is 5.70. The number of hydrogen-bond acceptors (Lipinski definition) is 3. The third kappa shape index (κ3) is 1.70. The van der Waals surface area contributed by atoms with Gasteiger partial charge >= 0.3 is 0 Å². The van der Waals surface area contributed by atoms with Gasteiger partial charge in [-0.3, -0.25) is 4.79 Å². The Morgan fingerprint density at radius 1 is 1.17 bits per heavy atom. The van der Waals surface area contributed by atoms with Crippen molar-refractivity contribution < 1.29 is 9.21 Å². The van der Waals surface area contributed by atoms with Crippen LogP contribution in [0.1, 0.15) is 16.1 Å². The second-order valence-corrected chi connectivity index (χ2v) is 4.14. The first kappa shape index (κ1) is 10.7. The minimum absolute atomic E-state index is 0.629. The molecule has 0 unspecified atom stereocenters. The number of rotatable bonds is 2. The average Bonchev–Trinajstić information content (AvgIpc) is 2.84. The van der Waals surface area contributed by atoms with Crippen LogP contribution < -0.4 is 0 Å². The molecule has 0 N–H and O–H groups in total. The van der Waals surface area contributed by atoms with E-state index in [4.69, 9.17) is 4.42 Å². The maximum absolute atomic E-state index is 11.2. The first-order chi connectivity index (χ1) is 8.78. The van der Waals surface area contributed by atoms with Crippen LogP contribution in [-0.2, 0) is 0 Å². The van der Waals surface area contributed by atoms with Gasteiger partial charge < -0.3 is 4.42 Å². The predicted octanol–water partition coefficient (Wildman–Crippen LogP) is 3.62. The molecule has 88 valence electrons. The zero-order valence-corrected chi connectivity index (χ0v) is 9.88. The Morgan fingerprint density at radius 2 is 2.00 bits per heavy atom. The predicted molar refractivity (Wildman–Crippen MR) is 69.6 cm³/mol. The summed E-state index contributed by atoms with van der Waals surface area (Å²) in [5.74, 6) is 1.51. The molecule has 3 aromatic rings. The number of carbonyl (C=O) groups is 1. The van der Waals surface area contributed by atoms with Gasteiger partial charge in [0.25, 0.3) is 0 Å². The van der Waals surface area contributed by atoms with Gasteiger partial charge in [-0.05, 0) is 31.2 Å². The van der Waals surface area contributed by atoms with Gasteiger partial charge in [0.1, 0.15) is 11.5 Å². The number of fused-ring (bicyclic) bond motifs is 1. The number of aldehydes is 1. The number of pyridine rings is 1. The zero-order chi connectivity index (χ0) is 12.5. The van der Waals surface area contributed by atoms with Gasteiger partial charge in [-0.1, -0.05) is 18.2 Å². The van der Waals surface area contributed by atoms with E-state index in [2.05, 4.69) is 4.98 Å². The Balaban J connectivity index is 2.28. The molecule has 0 aliphatic rings. The summed E-state index contributed by atoms with van der Waals surface area (Å²) in [5.41, 5.74) is 2.11. The topological polar surface area (TPSA) is 43.1 Å². The summed E-state index contributed by atoms with van der Waals surface area (Å²) in [6.07, 6.45) is 0.851. The number of carbonyl (C=O) groups excluding carboxylic acids is 1. The molecule has 18 heavy (non-hydrogen) atoms. The number of para-hydroxylation sites is 1. The maximum atomic E-state index is 11.2. The van der Waals surface area contributed by atoms with E-state index < -0.39 is 0 Å². The Hall–Kier alpha value is -2.42. The lowest BCUT2D eigenvalue weighted by molar-refractivity contribution is 0.112. The Morgan fingerprint density at radius 3 is 2.72 bits per heavy atom. The van der Waals surface area contributed by atoms with Gasteiger partial charge in [-0.25, -0.2) is 4.98 Å². The van der Waals surface area contributed by atoms with Crippen molar-refractivity contribution in [2.45, 2.75) is 6.92 Å². The van der Waals surface area contributed by atoms with Gasteiger partial charge in [0.15, 0.2) is 12.0 Å². The Kier molecular flexibility index (Phi) is 2.45. The summed E-state index contributed by atoms with van der Waals surface area (Å²) in [7, 11) is 0. The van der Waals surface area contributed by atoms with Crippen molar-refractivity contribution in [3.05, 3.63) is 53.8 Å². The molecule has 0 saturated carbocycles. The summed E-state index contributed by atoms with van der Waals surface area (Å²) in [6.45, 7) is 1.88. The molecular formula is C15H11NO2. The molecule has 0 aliphatic heterocycles. The van der Waals surface area contributed by atoms with Crippen molar-refractivity contribution in [1.29, 1.82) is 0 Å². The largest absolute Gasteiger partial charge is 0.460 e. The molecule has 3 rings (SSSR count). The highest BCUT2D eigenvalue weighted by Crippen LogP contribution is 2.25. The van der Waals surface area contributed by atoms with Crippen LogP contribution in [0.4, 0.5) is 0 Å². The number of furan rings is 1. The van der Waals surface area contributed by atoms with E-state index in [0.29, 0.717) is 17.0 Å². The molecule has 0 spiro atoms. The van der Waals surface area contributed by atoms with Crippen molar-refractivity contribution in [1.82, 2.24) is 4.98 Å². The highest BCUT2D eigenvalue weighted by atomic mass is 16.3. The Labute approximate surface area is 104 Å². The number of aryl methyl sites for hydroxylation is 1. The molecule has 2 aromatic heterocycles. The SMILES string of the molecule is Cc1ccc(-c2cc(C=O)c3ccccc3n2)o1. The second kappa shape index (κ2) is 4.11. The van der Waals surface area contributed by atoms with Crippen LogP contribution >= 0.6 is 0 Å². The molecule has 2 heterocycles. The summed E-state index contributed by atoms with van der Waals surface area (Å²) in [4.78, 5) is 15.7. The van der Waals surface area contributed by atoms with Gasteiger partial charge in [0.05, 0.1) is 5.52 Å². The van der Waals surface area contributed by atoms with Crippen LogP contribution in [0.2, 0.25) is 0 Å². The number of benzene rings is 1. The minimum Gasteiger partial charge on any atom is -0.460 e. The summed E-state index contributed by atoms with van der Waals surface area (Å²) >= 11 is 0. The lowest BCUT2D eigenvalue weighted by Gasteiger charge is -2.03. The molecule has 0 amide bonds. The fourth-order valence-corrected chi connectivity index (χ4v) is 2.00. The third-order valence-corrected chi connectivity index (χ3v) is 2.87. The van der Waals surface area contributed by atoms with E-state index in [9.17, 15) is 4.79 Å². The number of hydrogen-bond donors (Lipinski definition) is 0. The highest BCUT2D eigenvalue weighted by Gasteiger charge is 2.09. The smallest absolute Gasteiger partial charge is 0.152 e. The lowest BCUT2D eigenvalue weighted by Crippen LogP contribution is -1.90. The minimum atomic E-state index is 0.629. The van der Waals surface area contributed by atoms with E-state index in [1.807, 2.05) is 43.3 Å². The van der Waals surface area contributed by atoms with E-state index in [-0.39, 0.29) is 0 Å². The molecular weight excluding hydrogens is 226 g/mol. The molecule has 0 atom stereocenters. The molecule has 0 saturated heterocycles. The third-order valence-electron chi connectivity index (χ3n) is 2.87. The fraction of sp³-hybridized carbons (Fsp3) is 0.0667. The van der Waals surface area contributed by atoms with Crippen LogP contribution in [0.15, 0.2) is 46.9 Å². The van der Waals surface area contributed by atoms with Crippen molar-refractivity contribution in [3.63, 3.8) is 0 Å². The van der Waals surface area contributed by atoms with Crippen molar-refractivity contribution in [2.75, 3.05) is 0 Å². The number of nitrogens with zero attached hydrogens (tertiary/aromatic N) is 1. The van der Waals surface area contributed by atoms with E-state index in [1.54, 1.807) is 6.07 Å². The van der Waals surface area contributed by atoms with Crippen LogP contribution in [0.5, 0.6) is 0 Å². The average molecular weight is 237 g/mol. The maximum Gasteiger partial charge on any atom is 0.152 e. The quantitative estimate of drug-likeness (QED) is 0.639. The number of aromatic nitrogens is 1. The molecule has 0 bridgehead atoms. The van der Waals surface area contributed by atoms with E-state index in [0.717, 1.165) is 22.9 Å². The van der Waals surface area contributed by atoms with Gasteiger partial charge in [0, 0.05) is 10.9 Å². The molecule has 3 heteroatoms. The summed E-state index contributed by atoms with van der Waals surface area (Å²) in [5, 5.41) is 0.861. The molecule has 0 fully saturated rings. The molecule has 0 aliphatic carbocycles. The van der Waals surface area contributed by atoms with Crippen LogP contribution in [0.3, 0.4) is 0 Å². The molecule has 0 radical (unpaired) electrons. The van der Waals surface area contributed by atoms with Crippen LogP contribution in [0, 0.1) is 6.92 Å². The van der Waals surface area contributed by atoms with Crippen LogP contribution in [0.25, 0.3) is 22.4 Å². The zero-order valence-electron chi connectivity index (χ0n) is 9.88. The van der Waals surface area contributed by atoms with Gasteiger partial charge in [-0.15, -0.1) is 0 Å². The van der Waals surface area contributed by atoms with Crippen molar-refractivity contribution >= 4 is 17.2 Å². The van der Waals surface area contributed by atoms with Crippen molar-refractivity contribution in [2.24, 2.45) is 0 Å². The normalized spacial score (nSPS) is 10.7. The molecule has 3 nitrogen and oxygen atoms in total. The first-order valence-electron chi connectivity index (χ1n) is 5.70. The van der Waals surface area contributed by atoms with Gasteiger partial charge in [0.2, 0.25) is 0 Å². The van der Waals surface area contributed by atoms with E-state index in [1.165, 1.54) is 0 Å². The highest BCUT2D eigenvalue weighted by molar-refractivity contribution is 5.97.